The third-order valence-corrected chi connectivity index (χ3v) is 6.27. The van der Waals surface area contributed by atoms with Gasteiger partial charge in [-0.2, -0.15) is 0 Å². The molecular weight excluding hydrogens is 234 g/mol. The summed E-state index contributed by atoms with van der Waals surface area (Å²) < 4.78 is 0. The highest BCUT2D eigenvalue weighted by molar-refractivity contribution is 5.01. The van der Waals surface area contributed by atoms with E-state index in [-0.39, 0.29) is 0 Å². The molecule has 3 fully saturated rings. The molecule has 0 amide bonds. The van der Waals surface area contributed by atoms with Gasteiger partial charge in [-0.1, -0.05) is 19.8 Å². The van der Waals surface area contributed by atoms with Gasteiger partial charge >= 0.3 is 0 Å². The fourth-order valence-electron chi connectivity index (χ4n) is 4.97. The maximum absolute atomic E-state index is 6.26. The van der Waals surface area contributed by atoms with Gasteiger partial charge in [-0.15, -0.1) is 0 Å². The summed E-state index contributed by atoms with van der Waals surface area (Å²) in [6.45, 7) is 5.81. The van der Waals surface area contributed by atoms with Gasteiger partial charge in [0.15, 0.2) is 0 Å². The molecule has 0 aromatic carbocycles. The van der Waals surface area contributed by atoms with Crippen LogP contribution in [0.1, 0.15) is 51.9 Å². The van der Waals surface area contributed by atoms with Gasteiger partial charge in [0.1, 0.15) is 0 Å². The molecule has 3 nitrogen and oxygen atoms in total. The van der Waals surface area contributed by atoms with Crippen LogP contribution in [-0.4, -0.2) is 54.1 Å². The Hall–Kier alpha value is -0.120. The minimum atomic E-state index is 0.322. The van der Waals surface area contributed by atoms with Gasteiger partial charge in [0.05, 0.1) is 0 Å². The van der Waals surface area contributed by atoms with E-state index in [0.29, 0.717) is 5.54 Å². The Morgan fingerprint density at radius 1 is 1.16 bits per heavy atom. The lowest BCUT2D eigenvalue weighted by Crippen LogP contribution is -2.58. The average Bonchev–Trinajstić information content (AvgIpc) is 2.63. The minimum Gasteiger partial charge on any atom is -0.329 e. The fraction of sp³-hybridized carbons (Fsp3) is 1.00. The van der Waals surface area contributed by atoms with Crippen LogP contribution in [0, 0.1) is 5.92 Å². The van der Waals surface area contributed by atoms with Gasteiger partial charge < -0.3 is 5.73 Å². The number of likely N-dealkylation sites (N-methyl/N-ethyl adjacent to an activating group) is 1. The summed E-state index contributed by atoms with van der Waals surface area (Å²) in [7, 11) is 2.34. The van der Waals surface area contributed by atoms with Gasteiger partial charge in [0.25, 0.3) is 0 Å². The summed E-state index contributed by atoms with van der Waals surface area (Å²) in [4.78, 5) is 5.44. The quantitative estimate of drug-likeness (QED) is 0.829. The second-order valence-corrected chi connectivity index (χ2v) is 7.42. The van der Waals surface area contributed by atoms with E-state index in [2.05, 4.69) is 23.8 Å². The molecule has 2 N–H and O–H groups in total. The zero-order chi connectivity index (χ0) is 13.5. The highest BCUT2D eigenvalue weighted by Gasteiger charge is 2.43. The van der Waals surface area contributed by atoms with Crippen LogP contribution in [0.5, 0.6) is 0 Å². The van der Waals surface area contributed by atoms with Crippen molar-refractivity contribution in [1.82, 2.24) is 9.80 Å². The van der Waals surface area contributed by atoms with Crippen molar-refractivity contribution < 1.29 is 0 Å². The number of fused-ring (bicyclic) bond motifs is 2. The standard InChI is InChI=1S/C16H31N3/c1-13-4-3-8-16(10-13,12-17)19-9-7-14-5-6-15(11-19)18(14)2/h13-15H,3-12,17H2,1-2H3. The van der Waals surface area contributed by atoms with Crippen molar-refractivity contribution in [3.05, 3.63) is 0 Å². The third-order valence-electron chi connectivity index (χ3n) is 6.27. The summed E-state index contributed by atoms with van der Waals surface area (Å²) in [6, 6.07) is 1.62. The second kappa shape index (κ2) is 5.34. The van der Waals surface area contributed by atoms with Crippen molar-refractivity contribution in [1.29, 1.82) is 0 Å². The molecule has 0 aromatic heterocycles. The maximum Gasteiger partial charge on any atom is 0.0334 e. The van der Waals surface area contributed by atoms with E-state index in [9.17, 15) is 0 Å². The Labute approximate surface area is 118 Å². The van der Waals surface area contributed by atoms with E-state index >= 15 is 0 Å². The second-order valence-electron chi connectivity index (χ2n) is 7.42. The lowest BCUT2D eigenvalue weighted by Gasteiger charge is -2.48. The maximum atomic E-state index is 6.26. The highest BCUT2D eigenvalue weighted by Crippen LogP contribution is 2.39. The molecule has 19 heavy (non-hydrogen) atoms. The van der Waals surface area contributed by atoms with Gasteiger partial charge in [-0.3, -0.25) is 9.80 Å². The molecule has 3 heteroatoms. The van der Waals surface area contributed by atoms with Crippen LogP contribution in [0.4, 0.5) is 0 Å². The third kappa shape index (κ3) is 2.45. The van der Waals surface area contributed by atoms with E-state index in [4.69, 9.17) is 5.73 Å². The fourth-order valence-corrected chi connectivity index (χ4v) is 4.97. The Kier molecular flexibility index (Phi) is 3.89. The van der Waals surface area contributed by atoms with Crippen LogP contribution in [0.25, 0.3) is 0 Å². The normalized spacial score (nSPS) is 45.3. The van der Waals surface area contributed by atoms with Gasteiger partial charge in [-0.05, 0) is 45.1 Å². The first-order chi connectivity index (χ1) is 9.14. The largest absolute Gasteiger partial charge is 0.329 e. The molecule has 4 atom stereocenters. The van der Waals surface area contributed by atoms with Crippen molar-refractivity contribution >= 4 is 0 Å². The minimum absolute atomic E-state index is 0.322. The molecule has 0 aromatic rings. The highest BCUT2D eigenvalue weighted by atomic mass is 15.3. The monoisotopic (exact) mass is 265 g/mol. The number of rotatable bonds is 2. The van der Waals surface area contributed by atoms with Crippen LogP contribution in [0.15, 0.2) is 0 Å². The molecule has 1 aliphatic carbocycles. The number of nitrogens with two attached hydrogens (primary N) is 1. The SMILES string of the molecule is CC1CCCC(CN)(N2CCC3CCC(C2)N3C)C1. The Morgan fingerprint density at radius 2 is 1.95 bits per heavy atom. The van der Waals surface area contributed by atoms with Crippen molar-refractivity contribution in [2.24, 2.45) is 11.7 Å². The predicted octanol–water partition coefficient (Wildman–Crippen LogP) is 2.06. The molecular formula is C16H31N3. The van der Waals surface area contributed by atoms with E-state index in [0.717, 1.165) is 24.5 Å². The number of nitrogens with zero attached hydrogens (tertiary/aromatic N) is 2. The van der Waals surface area contributed by atoms with Crippen LogP contribution in [-0.2, 0) is 0 Å². The first-order valence-corrected chi connectivity index (χ1v) is 8.32. The summed E-state index contributed by atoms with van der Waals surface area (Å²) in [5.74, 6) is 0.857. The zero-order valence-electron chi connectivity index (χ0n) is 12.8. The van der Waals surface area contributed by atoms with Crippen LogP contribution < -0.4 is 5.73 Å². The zero-order valence-corrected chi connectivity index (χ0v) is 12.8. The van der Waals surface area contributed by atoms with Crippen molar-refractivity contribution in [3.63, 3.8) is 0 Å². The Bertz CT molecular complexity index is 319. The van der Waals surface area contributed by atoms with Crippen molar-refractivity contribution in [2.45, 2.75) is 69.5 Å². The molecule has 2 heterocycles. The smallest absolute Gasteiger partial charge is 0.0334 e. The van der Waals surface area contributed by atoms with Crippen molar-refractivity contribution in [3.8, 4) is 0 Å². The first-order valence-electron chi connectivity index (χ1n) is 8.32. The van der Waals surface area contributed by atoms with Crippen LogP contribution in [0.2, 0.25) is 0 Å². The van der Waals surface area contributed by atoms with E-state index in [1.165, 1.54) is 58.0 Å². The topological polar surface area (TPSA) is 32.5 Å². The van der Waals surface area contributed by atoms with Crippen LogP contribution >= 0.6 is 0 Å². The van der Waals surface area contributed by atoms with E-state index in [1.54, 1.807) is 0 Å². The molecule has 3 aliphatic rings. The molecule has 3 rings (SSSR count). The van der Waals surface area contributed by atoms with Gasteiger partial charge in [0, 0.05) is 37.3 Å². The number of hydrogen-bond donors (Lipinski definition) is 1. The van der Waals surface area contributed by atoms with Gasteiger partial charge in [-0.25, -0.2) is 0 Å². The lowest BCUT2D eigenvalue weighted by atomic mass is 9.75. The number of likely N-dealkylation sites (tertiary alicyclic amines) is 1. The molecule has 0 spiro atoms. The predicted molar refractivity (Wildman–Crippen MR) is 80.2 cm³/mol. The average molecular weight is 265 g/mol. The molecule has 1 saturated carbocycles. The summed E-state index contributed by atoms with van der Waals surface area (Å²) >= 11 is 0. The molecule has 2 saturated heterocycles. The molecule has 110 valence electrons. The Balaban J connectivity index is 1.76. The summed E-state index contributed by atoms with van der Waals surface area (Å²) in [5.41, 5.74) is 6.58. The van der Waals surface area contributed by atoms with Crippen LogP contribution in [0.3, 0.4) is 0 Å². The van der Waals surface area contributed by atoms with E-state index < -0.39 is 0 Å². The molecule has 2 aliphatic heterocycles. The van der Waals surface area contributed by atoms with Crippen molar-refractivity contribution in [2.75, 3.05) is 26.7 Å². The Morgan fingerprint density at radius 3 is 2.68 bits per heavy atom. The van der Waals surface area contributed by atoms with E-state index in [1.807, 2.05) is 0 Å². The number of hydrogen-bond acceptors (Lipinski definition) is 3. The first kappa shape index (κ1) is 13.8. The molecule has 0 radical (unpaired) electrons. The molecule has 4 unspecified atom stereocenters. The summed E-state index contributed by atoms with van der Waals surface area (Å²) in [5, 5.41) is 0. The molecule has 2 bridgehead atoms. The van der Waals surface area contributed by atoms with Gasteiger partial charge in [0.2, 0.25) is 0 Å². The lowest BCUT2D eigenvalue weighted by molar-refractivity contribution is 0.0323. The summed E-state index contributed by atoms with van der Waals surface area (Å²) in [6.07, 6.45) is 9.60.